The van der Waals surface area contributed by atoms with Crippen molar-refractivity contribution in [3.63, 3.8) is 0 Å². The van der Waals surface area contributed by atoms with Gasteiger partial charge in [0.15, 0.2) is 0 Å². The van der Waals surface area contributed by atoms with Crippen molar-refractivity contribution in [3.05, 3.63) is 94.5 Å². The molecule has 1 N–H and O–H groups in total. The average molecular weight is 349 g/mol. The molecule has 3 nitrogen and oxygen atoms in total. The predicted octanol–water partition coefficient (Wildman–Crippen LogP) is 5.42. The maximum atomic E-state index is 13.3. The summed E-state index contributed by atoms with van der Waals surface area (Å²) in [6.07, 6.45) is -0.274. The van der Waals surface area contributed by atoms with E-state index in [4.69, 9.17) is 11.6 Å². The lowest BCUT2D eigenvalue weighted by molar-refractivity contribution is 0.0975. The second-order valence-corrected chi connectivity index (χ2v) is 6.52. The van der Waals surface area contributed by atoms with Gasteiger partial charge in [0.2, 0.25) is 0 Å². The number of rotatable bonds is 2. The largest absolute Gasteiger partial charge is 0.360 e. The first-order valence-electron chi connectivity index (χ1n) is 8.15. The van der Waals surface area contributed by atoms with E-state index in [1.54, 1.807) is 4.90 Å². The Morgan fingerprint density at radius 1 is 0.960 bits per heavy atom. The third-order valence-corrected chi connectivity index (χ3v) is 4.89. The number of carbonyl (C=O) groups excluding carboxylic acids is 1. The van der Waals surface area contributed by atoms with Crippen LogP contribution in [0.2, 0.25) is 5.02 Å². The van der Waals surface area contributed by atoms with Gasteiger partial charge in [-0.25, -0.2) is 0 Å². The number of nitrogens with one attached hydrogen (secondary N) is 1. The number of carbonyl (C=O) groups is 1. The average Bonchev–Trinajstić information content (AvgIpc) is 2.65. The van der Waals surface area contributed by atoms with Crippen molar-refractivity contribution in [2.45, 2.75) is 13.1 Å². The van der Waals surface area contributed by atoms with Crippen molar-refractivity contribution < 1.29 is 4.79 Å². The molecule has 0 saturated carbocycles. The molecule has 1 heterocycles. The van der Waals surface area contributed by atoms with E-state index in [0.29, 0.717) is 10.6 Å². The molecule has 3 aromatic carbocycles. The summed E-state index contributed by atoms with van der Waals surface area (Å²) >= 11 is 6.17. The number of hydrogen-bond acceptors (Lipinski definition) is 2. The summed E-state index contributed by atoms with van der Waals surface area (Å²) in [5.74, 6) is -0.0232. The van der Waals surface area contributed by atoms with Crippen molar-refractivity contribution in [2.75, 3.05) is 10.2 Å². The molecule has 0 aromatic heterocycles. The number of amides is 1. The molecule has 3 aromatic rings. The quantitative estimate of drug-likeness (QED) is 0.670. The Morgan fingerprint density at radius 2 is 1.68 bits per heavy atom. The van der Waals surface area contributed by atoms with Gasteiger partial charge in [-0.3, -0.25) is 9.69 Å². The summed E-state index contributed by atoms with van der Waals surface area (Å²) in [6, 6.07) is 23.3. The highest BCUT2D eigenvalue weighted by Gasteiger charge is 2.33. The zero-order chi connectivity index (χ0) is 17.4. The minimum Gasteiger partial charge on any atom is -0.360 e. The number of benzene rings is 3. The van der Waals surface area contributed by atoms with Crippen LogP contribution in [0.15, 0.2) is 72.8 Å². The Morgan fingerprint density at radius 3 is 2.44 bits per heavy atom. The number of nitrogens with zero attached hydrogens (tertiary/aromatic N) is 1. The molecular weight excluding hydrogens is 332 g/mol. The minimum absolute atomic E-state index is 0.0232. The fourth-order valence-corrected chi connectivity index (χ4v) is 3.28. The molecular formula is C21H17ClN2O. The van der Waals surface area contributed by atoms with Gasteiger partial charge in [-0.2, -0.15) is 0 Å². The molecule has 25 heavy (non-hydrogen) atoms. The number of hydrogen-bond donors (Lipinski definition) is 1. The molecule has 4 rings (SSSR count). The molecule has 1 aliphatic rings. The van der Waals surface area contributed by atoms with Crippen LogP contribution in [0.1, 0.15) is 27.7 Å². The summed E-state index contributed by atoms with van der Waals surface area (Å²) in [7, 11) is 0. The molecule has 0 bridgehead atoms. The van der Waals surface area contributed by atoms with Gasteiger partial charge in [-0.15, -0.1) is 0 Å². The normalized spacial score (nSPS) is 16.3. The van der Waals surface area contributed by atoms with Gasteiger partial charge in [-0.05, 0) is 48.4 Å². The number of anilines is 2. The molecule has 0 aliphatic carbocycles. The fraction of sp³-hybridized carbons (Fsp3) is 0.0952. The van der Waals surface area contributed by atoms with E-state index < -0.39 is 0 Å². The van der Waals surface area contributed by atoms with Crippen molar-refractivity contribution in [2.24, 2.45) is 0 Å². The highest BCUT2D eigenvalue weighted by atomic mass is 35.5. The first kappa shape index (κ1) is 15.7. The third kappa shape index (κ3) is 2.77. The zero-order valence-electron chi connectivity index (χ0n) is 13.7. The van der Waals surface area contributed by atoms with Gasteiger partial charge in [0.05, 0.1) is 5.56 Å². The van der Waals surface area contributed by atoms with E-state index in [1.807, 2.05) is 79.7 Å². The number of aryl methyl sites for hydroxylation is 1. The van der Waals surface area contributed by atoms with Gasteiger partial charge in [0.25, 0.3) is 5.91 Å². The van der Waals surface area contributed by atoms with Crippen LogP contribution in [0.25, 0.3) is 0 Å². The summed E-state index contributed by atoms with van der Waals surface area (Å²) in [5.41, 5.74) is 4.31. The first-order valence-corrected chi connectivity index (χ1v) is 8.53. The Labute approximate surface area is 151 Å². The van der Waals surface area contributed by atoms with Crippen LogP contribution in [-0.2, 0) is 0 Å². The van der Waals surface area contributed by atoms with E-state index in [1.165, 1.54) is 0 Å². The van der Waals surface area contributed by atoms with Crippen LogP contribution in [0.3, 0.4) is 0 Å². The molecule has 0 radical (unpaired) electrons. The summed E-state index contributed by atoms with van der Waals surface area (Å²) < 4.78 is 0. The lowest BCUT2D eigenvalue weighted by atomic mass is 10.0. The van der Waals surface area contributed by atoms with Crippen LogP contribution in [-0.4, -0.2) is 5.91 Å². The Kier molecular flexibility index (Phi) is 3.94. The molecule has 4 heteroatoms. The van der Waals surface area contributed by atoms with Gasteiger partial charge in [0, 0.05) is 16.4 Å². The summed E-state index contributed by atoms with van der Waals surface area (Å²) in [6.45, 7) is 1.94. The monoisotopic (exact) mass is 348 g/mol. The Bertz CT molecular complexity index is 940. The van der Waals surface area contributed by atoms with Crippen molar-refractivity contribution in [1.82, 2.24) is 0 Å². The predicted molar refractivity (Wildman–Crippen MR) is 102 cm³/mol. The SMILES string of the molecule is Cc1cc(N2C(=O)c3ccccc3N[C@@H]2c2ccccc2)ccc1Cl. The molecule has 0 saturated heterocycles. The maximum absolute atomic E-state index is 13.3. The standard InChI is InChI=1S/C21H17ClN2O/c1-14-13-16(11-12-18(14)22)24-20(15-7-3-2-4-8-15)23-19-10-6-5-9-17(19)21(24)25/h2-13,20,23H,1H3/t20-/m0/s1. The zero-order valence-corrected chi connectivity index (χ0v) is 14.5. The van der Waals surface area contributed by atoms with Crippen LogP contribution >= 0.6 is 11.6 Å². The van der Waals surface area contributed by atoms with E-state index >= 15 is 0 Å². The molecule has 0 fully saturated rings. The Hall–Kier alpha value is -2.78. The molecule has 1 atom stereocenters. The maximum Gasteiger partial charge on any atom is 0.262 e. The molecule has 124 valence electrons. The molecule has 1 amide bonds. The van der Waals surface area contributed by atoms with E-state index in [-0.39, 0.29) is 12.1 Å². The second kappa shape index (κ2) is 6.26. The lowest BCUT2D eigenvalue weighted by Crippen LogP contribution is -2.43. The lowest BCUT2D eigenvalue weighted by Gasteiger charge is -2.38. The topological polar surface area (TPSA) is 32.3 Å². The van der Waals surface area contributed by atoms with Gasteiger partial charge in [0.1, 0.15) is 6.17 Å². The van der Waals surface area contributed by atoms with E-state index in [9.17, 15) is 4.79 Å². The van der Waals surface area contributed by atoms with E-state index in [0.717, 1.165) is 22.5 Å². The fourth-order valence-electron chi connectivity index (χ4n) is 3.17. The smallest absolute Gasteiger partial charge is 0.262 e. The highest BCUT2D eigenvalue weighted by molar-refractivity contribution is 6.31. The van der Waals surface area contributed by atoms with Crippen molar-refractivity contribution in [1.29, 1.82) is 0 Å². The number of para-hydroxylation sites is 1. The van der Waals surface area contributed by atoms with Gasteiger partial charge in [-0.1, -0.05) is 54.1 Å². The van der Waals surface area contributed by atoms with Gasteiger partial charge >= 0.3 is 0 Å². The minimum atomic E-state index is -0.274. The van der Waals surface area contributed by atoms with Crippen molar-refractivity contribution in [3.8, 4) is 0 Å². The number of fused-ring (bicyclic) bond motifs is 1. The Balaban J connectivity index is 1.88. The summed E-state index contributed by atoms with van der Waals surface area (Å²) in [4.78, 5) is 15.0. The molecule has 1 aliphatic heterocycles. The highest BCUT2D eigenvalue weighted by Crippen LogP contribution is 2.37. The third-order valence-electron chi connectivity index (χ3n) is 4.46. The van der Waals surface area contributed by atoms with Crippen LogP contribution in [0.4, 0.5) is 11.4 Å². The number of halogens is 1. The van der Waals surface area contributed by atoms with Gasteiger partial charge < -0.3 is 5.32 Å². The van der Waals surface area contributed by atoms with Crippen molar-refractivity contribution >= 4 is 28.9 Å². The first-order chi connectivity index (χ1) is 12.1. The van der Waals surface area contributed by atoms with Crippen LogP contribution in [0, 0.1) is 6.92 Å². The van der Waals surface area contributed by atoms with Crippen LogP contribution in [0.5, 0.6) is 0 Å². The second-order valence-electron chi connectivity index (χ2n) is 6.11. The summed E-state index contributed by atoms with van der Waals surface area (Å²) in [5, 5.41) is 4.19. The molecule has 0 unspecified atom stereocenters. The molecule has 0 spiro atoms. The van der Waals surface area contributed by atoms with E-state index in [2.05, 4.69) is 5.32 Å². The van der Waals surface area contributed by atoms with Crippen LogP contribution < -0.4 is 10.2 Å².